The Kier molecular flexibility index (Phi) is 5.75. The molecular formula is C13H16BrClF3NO. The minimum atomic E-state index is -4.51. The number of alkyl halides is 3. The van der Waals surface area contributed by atoms with E-state index in [-0.39, 0.29) is 28.4 Å². The lowest BCUT2D eigenvalue weighted by molar-refractivity contribution is -0.138. The minimum Gasteiger partial charge on any atom is -0.506 e. The SMILES string of the molecule is Cl.N[C@@H](c1c(C(F)(F)F)ccc(Br)c1O)C1CCCC1. The van der Waals surface area contributed by atoms with Crippen LogP contribution in [-0.4, -0.2) is 5.11 Å². The third kappa shape index (κ3) is 3.40. The van der Waals surface area contributed by atoms with E-state index in [0.717, 1.165) is 31.7 Å². The first-order chi connectivity index (χ1) is 8.82. The van der Waals surface area contributed by atoms with Gasteiger partial charge in [-0.05, 0) is 46.8 Å². The van der Waals surface area contributed by atoms with Gasteiger partial charge < -0.3 is 10.8 Å². The molecule has 1 saturated carbocycles. The van der Waals surface area contributed by atoms with Crippen LogP contribution >= 0.6 is 28.3 Å². The van der Waals surface area contributed by atoms with Crippen LogP contribution in [0.15, 0.2) is 16.6 Å². The van der Waals surface area contributed by atoms with Crippen molar-refractivity contribution in [3.8, 4) is 5.75 Å². The van der Waals surface area contributed by atoms with Crippen LogP contribution in [0.4, 0.5) is 13.2 Å². The van der Waals surface area contributed by atoms with Gasteiger partial charge in [-0.1, -0.05) is 12.8 Å². The molecule has 0 aromatic heterocycles. The maximum atomic E-state index is 13.0. The Labute approximate surface area is 130 Å². The average Bonchev–Trinajstić information content (AvgIpc) is 2.83. The third-order valence-corrected chi connectivity index (χ3v) is 4.35. The Hall–Kier alpha value is -0.460. The maximum Gasteiger partial charge on any atom is 0.416 e. The van der Waals surface area contributed by atoms with E-state index in [1.54, 1.807) is 0 Å². The van der Waals surface area contributed by atoms with Gasteiger partial charge in [0.05, 0.1) is 10.0 Å². The summed E-state index contributed by atoms with van der Waals surface area (Å²) in [4.78, 5) is 0. The molecule has 20 heavy (non-hydrogen) atoms. The molecule has 1 aliphatic rings. The molecular weight excluding hydrogens is 359 g/mol. The molecule has 3 N–H and O–H groups in total. The van der Waals surface area contributed by atoms with Gasteiger partial charge in [-0.25, -0.2) is 0 Å². The Morgan fingerprint density at radius 2 is 1.80 bits per heavy atom. The predicted octanol–water partition coefficient (Wildman–Crippen LogP) is 4.79. The molecule has 7 heteroatoms. The Morgan fingerprint density at radius 3 is 2.30 bits per heavy atom. The molecule has 1 fully saturated rings. The highest BCUT2D eigenvalue weighted by Gasteiger charge is 2.38. The molecule has 1 atom stereocenters. The normalized spacial score (nSPS) is 17.9. The topological polar surface area (TPSA) is 46.2 Å². The van der Waals surface area contributed by atoms with E-state index in [0.29, 0.717) is 0 Å². The monoisotopic (exact) mass is 373 g/mol. The second-order valence-corrected chi connectivity index (χ2v) is 5.78. The average molecular weight is 375 g/mol. The van der Waals surface area contributed by atoms with Crippen molar-refractivity contribution in [2.45, 2.75) is 37.9 Å². The molecule has 1 aromatic carbocycles. The predicted molar refractivity (Wildman–Crippen MR) is 76.9 cm³/mol. The van der Waals surface area contributed by atoms with Crippen molar-refractivity contribution in [3.63, 3.8) is 0 Å². The summed E-state index contributed by atoms with van der Waals surface area (Å²) >= 11 is 3.05. The van der Waals surface area contributed by atoms with Crippen LogP contribution in [0.5, 0.6) is 5.75 Å². The smallest absolute Gasteiger partial charge is 0.416 e. The van der Waals surface area contributed by atoms with E-state index in [9.17, 15) is 18.3 Å². The van der Waals surface area contributed by atoms with Gasteiger partial charge >= 0.3 is 6.18 Å². The first-order valence-corrected chi connectivity index (χ1v) is 6.96. The lowest BCUT2D eigenvalue weighted by Crippen LogP contribution is -2.23. The summed E-state index contributed by atoms with van der Waals surface area (Å²) in [6.07, 6.45) is -0.929. The first-order valence-electron chi connectivity index (χ1n) is 6.16. The van der Waals surface area contributed by atoms with Gasteiger partial charge in [0.1, 0.15) is 5.75 Å². The van der Waals surface area contributed by atoms with Crippen LogP contribution < -0.4 is 5.73 Å². The molecule has 0 amide bonds. The molecule has 1 aromatic rings. The summed E-state index contributed by atoms with van der Waals surface area (Å²) in [5.74, 6) is -0.393. The zero-order valence-electron chi connectivity index (χ0n) is 10.6. The van der Waals surface area contributed by atoms with E-state index in [1.807, 2.05) is 0 Å². The zero-order chi connectivity index (χ0) is 14.2. The summed E-state index contributed by atoms with van der Waals surface area (Å²) in [5, 5.41) is 9.95. The lowest BCUT2D eigenvalue weighted by atomic mass is 9.88. The fraction of sp³-hybridized carbons (Fsp3) is 0.538. The van der Waals surface area contributed by atoms with Crippen LogP contribution in [0.3, 0.4) is 0 Å². The van der Waals surface area contributed by atoms with Crippen molar-refractivity contribution in [2.75, 3.05) is 0 Å². The maximum absolute atomic E-state index is 13.0. The summed E-state index contributed by atoms with van der Waals surface area (Å²) in [5.41, 5.74) is 4.96. The fourth-order valence-electron chi connectivity index (χ4n) is 2.72. The number of rotatable bonds is 2. The van der Waals surface area contributed by atoms with Crippen LogP contribution in [0, 0.1) is 5.92 Å². The van der Waals surface area contributed by atoms with E-state index >= 15 is 0 Å². The number of phenols is 1. The summed E-state index contributed by atoms with van der Waals surface area (Å²) in [6, 6.07) is 1.38. The molecule has 0 bridgehead atoms. The van der Waals surface area contributed by atoms with Crippen molar-refractivity contribution < 1.29 is 18.3 Å². The van der Waals surface area contributed by atoms with Crippen molar-refractivity contribution in [3.05, 3.63) is 27.7 Å². The van der Waals surface area contributed by atoms with Crippen LogP contribution in [0.25, 0.3) is 0 Å². The molecule has 2 nitrogen and oxygen atoms in total. The van der Waals surface area contributed by atoms with E-state index < -0.39 is 23.5 Å². The summed E-state index contributed by atoms with van der Waals surface area (Å²) in [7, 11) is 0. The van der Waals surface area contributed by atoms with Crippen molar-refractivity contribution in [2.24, 2.45) is 11.7 Å². The van der Waals surface area contributed by atoms with Crippen molar-refractivity contribution in [1.29, 1.82) is 0 Å². The summed E-state index contributed by atoms with van der Waals surface area (Å²) < 4.78 is 39.3. The largest absolute Gasteiger partial charge is 0.506 e. The Bertz CT molecular complexity index is 475. The number of phenolic OH excluding ortho intramolecular Hbond substituents is 1. The Morgan fingerprint density at radius 1 is 1.25 bits per heavy atom. The van der Waals surface area contributed by atoms with Crippen molar-refractivity contribution in [1.82, 2.24) is 0 Å². The van der Waals surface area contributed by atoms with Crippen LogP contribution in [0.2, 0.25) is 0 Å². The number of aromatic hydroxyl groups is 1. The molecule has 0 unspecified atom stereocenters. The number of halogens is 5. The number of hydrogen-bond donors (Lipinski definition) is 2. The van der Waals surface area contributed by atoms with Gasteiger partial charge in [-0.2, -0.15) is 13.2 Å². The molecule has 0 aliphatic heterocycles. The molecule has 0 saturated heterocycles. The number of benzene rings is 1. The third-order valence-electron chi connectivity index (χ3n) is 3.71. The fourth-order valence-corrected chi connectivity index (χ4v) is 3.06. The van der Waals surface area contributed by atoms with E-state index in [4.69, 9.17) is 5.73 Å². The number of hydrogen-bond acceptors (Lipinski definition) is 2. The molecule has 0 spiro atoms. The summed E-state index contributed by atoms with van der Waals surface area (Å²) in [6.45, 7) is 0. The van der Waals surface area contributed by atoms with Crippen LogP contribution in [0.1, 0.15) is 42.9 Å². The van der Waals surface area contributed by atoms with Gasteiger partial charge in [0.25, 0.3) is 0 Å². The highest BCUT2D eigenvalue weighted by atomic mass is 79.9. The highest BCUT2D eigenvalue weighted by molar-refractivity contribution is 9.10. The highest BCUT2D eigenvalue weighted by Crippen LogP contribution is 2.45. The van der Waals surface area contributed by atoms with Gasteiger partial charge in [0.15, 0.2) is 0 Å². The van der Waals surface area contributed by atoms with Gasteiger partial charge in [-0.3, -0.25) is 0 Å². The standard InChI is InChI=1S/C13H15BrF3NO.ClH/c14-9-6-5-8(13(15,16)17)10(12(9)19)11(18)7-3-1-2-4-7;/h5-7,11,19H,1-4,18H2;1H/t11-;/m1./s1. The molecule has 114 valence electrons. The van der Waals surface area contributed by atoms with Crippen molar-refractivity contribution >= 4 is 28.3 Å². The molecule has 0 heterocycles. The Balaban J connectivity index is 0.00000200. The van der Waals surface area contributed by atoms with Gasteiger partial charge in [0.2, 0.25) is 0 Å². The van der Waals surface area contributed by atoms with E-state index in [1.165, 1.54) is 6.07 Å². The molecule has 0 radical (unpaired) electrons. The zero-order valence-corrected chi connectivity index (χ0v) is 13.0. The first kappa shape index (κ1) is 17.6. The second kappa shape index (κ2) is 6.54. The lowest BCUT2D eigenvalue weighted by Gasteiger charge is -2.24. The van der Waals surface area contributed by atoms with E-state index in [2.05, 4.69) is 15.9 Å². The van der Waals surface area contributed by atoms with Gasteiger partial charge in [-0.15, -0.1) is 12.4 Å². The minimum absolute atomic E-state index is 0. The quantitative estimate of drug-likeness (QED) is 0.782. The number of nitrogens with two attached hydrogens (primary N) is 1. The van der Waals surface area contributed by atoms with Crippen LogP contribution in [-0.2, 0) is 6.18 Å². The molecule has 1 aliphatic carbocycles. The molecule has 2 rings (SSSR count). The van der Waals surface area contributed by atoms with Gasteiger partial charge in [0, 0.05) is 11.6 Å². The second-order valence-electron chi connectivity index (χ2n) is 4.93.